The van der Waals surface area contributed by atoms with E-state index in [1.165, 1.54) is 28.4 Å². The molecule has 0 spiro atoms. The van der Waals surface area contributed by atoms with Gasteiger partial charge in [0.05, 0.1) is 39.6 Å². The third-order valence-electron chi connectivity index (χ3n) is 4.35. The van der Waals surface area contributed by atoms with Crippen molar-refractivity contribution < 1.29 is 33.3 Å². The summed E-state index contributed by atoms with van der Waals surface area (Å²) in [6.07, 6.45) is 3.14. The van der Waals surface area contributed by atoms with Crippen molar-refractivity contribution in [3.8, 4) is 23.0 Å². The van der Waals surface area contributed by atoms with E-state index in [9.17, 15) is 9.59 Å². The zero-order chi connectivity index (χ0) is 21.0. The van der Waals surface area contributed by atoms with Crippen LogP contribution < -0.4 is 18.9 Å². The Morgan fingerprint density at radius 2 is 1.00 bits per heavy atom. The number of hydrogen-bond donors (Lipinski definition) is 0. The molecule has 7 nitrogen and oxygen atoms in total. The van der Waals surface area contributed by atoms with Gasteiger partial charge in [0.15, 0.2) is 23.0 Å². The van der Waals surface area contributed by atoms with Crippen molar-refractivity contribution in [3.63, 3.8) is 0 Å². The maximum atomic E-state index is 12.2. The first-order valence-corrected chi connectivity index (χ1v) is 8.65. The summed E-state index contributed by atoms with van der Waals surface area (Å²) in [6.45, 7) is 0. The molecule has 0 radical (unpaired) electrons. The average molecular weight is 396 g/mol. The van der Waals surface area contributed by atoms with E-state index in [4.69, 9.17) is 23.7 Å². The van der Waals surface area contributed by atoms with Crippen molar-refractivity contribution >= 4 is 24.1 Å². The Hall–Kier alpha value is -3.74. The van der Waals surface area contributed by atoms with Gasteiger partial charge in [0.1, 0.15) is 0 Å². The highest BCUT2D eigenvalue weighted by atomic mass is 16.6. The third kappa shape index (κ3) is 4.08. The first-order chi connectivity index (χ1) is 14.0. The highest BCUT2D eigenvalue weighted by Crippen LogP contribution is 2.33. The number of benzene rings is 2. The van der Waals surface area contributed by atoms with Crippen LogP contribution in [-0.4, -0.2) is 40.4 Å². The van der Waals surface area contributed by atoms with Gasteiger partial charge < -0.3 is 23.7 Å². The lowest BCUT2D eigenvalue weighted by Crippen LogP contribution is -1.97. The monoisotopic (exact) mass is 396 g/mol. The molecule has 0 aromatic heterocycles. The van der Waals surface area contributed by atoms with Crippen molar-refractivity contribution in [2.24, 2.45) is 0 Å². The Morgan fingerprint density at radius 3 is 1.34 bits per heavy atom. The fourth-order valence-electron chi connectivity index (χ4n) is 2.91. The lowest BCUT2D eigenvalue weighted by Gasteiger charge is -2.08. The van der Waals surface area contributed by atoms with Crippen LogP contribution in [0.15, 0.2) is 47.5 Å². The molecule has 150 valence electrons. The molecule has 0 unspecified atom stereocenters. The first-order valence-electron chi connectivity index (χ1n) is 8.65. The predicted octanol–water partition coefficient (Wildman–Crippen LogP) is 3.27. The molecule has 0 N–H and O–H groups in total. The van der Waals surface area contributed by atoms with Crippen LogP contribution in [0.4, 0.5) is 0 Å². The molecule has 2 aromatic rings. The maximum Gasteiger partial charge on any atom is 0.346 e. The quantitative estimate of drug-likeness (QED) is 0.421. The second kappa shape index (κ2) is 8.52. The molecular weight excluding hydrogens is 376 g/mol. The van der Waals surface area contributed by atoms with Gasteiger partial charge in [-0.1, -0.05) is 12.1 Å². The van der Waals surface area contributed by atoms with E-state index in [1.807, 2.05) is 0 Å². The largest absolute Gasteiger partial charge is 0.493 e. The molecule has 3 rings (SSSR count). The zero-order valence-corrected chi connectivity index (χ0v) is 16.5. The molecule has 29 heavy (non-hydrogen) atoms. The van der Waals surface area contributed by atoms with Gasteiger partial charge in [-0.15, -0.1) is 0 Å². The molecule has 1 aliphatic heterocycles. The number of hydrogen-bond acceptors (Lipinski definition) is 7. The summed E-state index contributed by atoms with van der Waals surface area (Å²) < 4.78 is 25.8. The third-order valence-corrected chi connectivity index (χ3v) is 4.35. The molecule has 0 amide bonds. The summed E-state index contributed by atoms with van der Waals surface area (Å²) in [7, 11) is 6.11. The molecule has 1 aliphatic rings. The fraction of sp³-hybridized carbons (Fsp3) is 0.182. The molecule has 0 saturated carbocycles. The van der Waals surface area contributed by atoms with E-state index in [0.29, 0.717) is 34.1 Å². The molecule has 1 heterocycles. The van der Waals surface area contributed by atoms with Gasteiger partial charge in [0.25, 0.3) is 0 Å². The number of ether oxygens (including phenoxy) is 5. The van der Waals surface area contributed by atoms with Crippen LogP contribution in [0.5, 0.6) is 23.0 Å². The summed E-state index contributed by atoms with van der Waals surface area (Å²) in [5, 5.41) is 0. The summed E-state index contributed by atoms with van der Waals surface area (Å²) in [6, 6.07) is 10.3. The highest BCUT2D eigenvalue weighted by molar-refractivity contribution is 6.22. The Kier molecular flexibility index (Phi) is 5.87. The molecule has 2 aromatic carbocycles. The SMILES string of the molecule is COc1ccc(/C=C2\C(=O)OC(=O)\C2=C\c2ccc(OC)c(OC)c2)cc1OC. The van der Waals surface area contributed by atoms with E-state index < -0.39 is 11.9 Å². The molecule has 1 fully saturated rings. The van der Waals surface area contributed by atoms with Crippen molar-refractivity contribution in [1.29, 1.82) is 0 Å². The van der Waals surface area contributed by atoms with E-state index in [-0.39, 0.29) is 11.1 Å². The van der Waals surface area contributed by atoms with Crippen LogP contribution in [-0.2, 0) is 14.3 Å². The topological polar surface area (TPSA) is 80.3 Å². The lowest BCUT2D eigenvalue weighted by atomic mass is 10.0. The molecular formula is C22H20O7. The molecule has 0 aliphatic carbocycles. The molecule has 7 heteroatoms. The van der Waals surface area contributed by atoms with E-state index in [2.05, 4.69) is 0 Å². The van der Waals surface area contributed by atoms with Crippen molar-refractivity contribution in [2.75, 3.05) is 28.4 Å². The predicted molar refractivity (Wildman–Crippen MR) is 106 cm³/mol. The van der Waals surface area contributed by atoms with Crippen molar-refractivity contribution in [2.45, 2.75) is 0 Å². The van der Waals surface area contributed by atoms with Gasteiger partial charge >= 0.3 is 11.9 Å². The highest BCUT2D eigenvalue weighted by Gasteiger charge is 2.33. The second-order valence-electron chi connectivity index (χ2n) is 6.02. The number of carbonyl (C=O) groups excluding carboxylic acids is 2. The standard InChI is InChI=1S/C22H20O7/c1-25-17-7-5-13(11-19(17)27-3)9-15-16(22(24)29-21(15)23)10-14-6-8-18(26-2)20(12-14)28-4/h5-12H,1-4H3/b15-9-,16-10+. The van der Waals surface area contributed by atoms with Crippen molar-refractivity contribution in [1.82, 2.24) is 0 Å². The van der Waals surface area contributed by atoms with Gasteiger partial charge in [0.2, 0.25) is 0 Å². The zero-order valence-electron chi connectivity index (χ0n) is 16.5. The van der Waals surface area contributed by atoms with Crippen LogP contribution in [0.1, 0.15) is 11.1 Å². The maximum absolute atomic E-state index is 12.2. The van der Waals surface area contributed by atoms with Crippen LogP contribution >= 0.6 is 0 Å². The van der Waals surface area contributed by atoms with E-state index in [0.717, 1.165) is 0 Å². The van der Waals surface area contributed by atoms with E-state index >= 15 is 0 Å². The molecule has 0 bridgehead atoms. The van der Waals surface area contributed by atoms with Crippen LogP contribution in [0.2, 0.25) is 0 Å². The van der Waals surface area contributed by atoms with Gasteiger partial charge in [-0.25, -0.2) is 9.59 Å². The Morgan fingerprint density at radius 1 is 0.621 bits per heavy atom. The lowest BCUT2D eigenvalue weighted by molar-refractivity contribution is -0.149. The minimum absolute atomic E-state index is 0.150. The van der Waals surface area contributed by atoms with Gasteiger partial charge in [-0.05, 0) is 47.5 Å². The summed E-state index contributed by atoms with van der Waals surface area (Å²) in [5.41, 5.74) is 1.61. The number of methoxy groups -OCH3 is 4. The summed E-state index contributed by atoms with van der Waals surface area (Å²) in [4.78, 5) is 24.5. The van der Waals surface area contributed by atoms with Gasteiger partial charge in [-0.2, -0.15) is 0 Å². The fourth-order valence-corrected chi connectivity index (χ4v) is 2.91. The average Bonchev–Trinajstić information content (AvgIpc) is 3.00. The summed E-state index contributed by atoms with van der Waals surface area (Å²) in [5.74, 6) is 0.699. The normalized spacial score (nSPS) is 16.1. The van der Waals surface area contributed by atoms with Crippen molar-refractivity contribution in [3.05, 3.63) is 58.7 Å². The Bertz CT molecular complexity index is 936. The Balaban J connectivity index is 2.04. The second-order valence-corrected chi connectivity index (χ2v) is 6.02. The van der Waals surface area contributed by atoms with Crippen LogP contribution in [0.3, 0.4) is 0 Å². The van der Waals surface area contributed by atoms with Gasteiger partial charge in [-0.3, -0.25) is 0 Å². The number of rotatable bonds is 6. The van der Waals surface area contributed by atoms with Crippen LogP contribution in [0.25, 0.3) is 12.2 Å². The smallest absolute Gasteiger partial charge is 0.346 e. The van der Waals surface area contributed by atoms with Crippen LogP contribution in [0, 0.1) is 0 Å². The minimum atomic E-state index is -0.712. The van der Waals surface area contributed by atoms with Gasteiger partial charge in [0, 0.05) is 0 Å². The minimum Gasteiger partial charge on any atom is -0.493 e. The first kappa shape index (κ1) is 20.0. The Labute approximate surface area is 168 Å². The number of carbonyl (C=O) groups is 2. The number of esters is 2. The molecule has 1 saturated heterocycles. The molecule has 0 atom stereocenters. The van der Waals surface area contributed by atoms with E-state index in [1.54, 1.807) is 48.6 Å². The number of cyclic esters (lactones) is 2. The summed E-state index contributed by atoms with van der Waals surface area (Å²) >= 11 is 0.